The maximum absolute atomic E-state index is 2.60. The maximum Gasteiger partial charge on any atom is 0.0726 e. The quantitative estimate of drug-likeness (QED) is 0.150. The van der Waals surface area contributed by atoms with Crippen molar-refractivity contribution >= 4 is 60.2 Å². The molecule has 0 amide bonds. The van der Waals surface area contributed by atoms with E-state index in [1.54, 1.807) is 0 Å². The van der Waals surface area contributed by atoms with E-state index >= 15 is 0 Å². The molecule has 1 spiro atoms. The molecule has 15 rings (SSSR count). The Balaban J connectivity index is 1.12. The molecule has 0 heterocycles. The van der Waals surface area contributed by atoms with Gasteiger partial charge in [0.15, 0.2) is 0 Å². The van der Waals surface area contributed by atoms with Crippen LogP contribution in [-0.2, 0) is 5.41 Å². The minimum atomic E-state index is -0.547. The van der Waals surface area contributed by atoms with E-state index in [4.69, 9.17) is 0 Å². The van der Waals surface area contributed by atoms with Gasteiger partial charge in [-0.15, -0.1) is 0 Å². The van der Waals surface area contributed by atoms with Crippen molar-refractivity contribution in [1.82, 2.24) is 0 Å². The Kier molecular flexibility index (Phi) is 8.94. The normalized spacial score (nSPS) is 12.8. The third kappa shape index (κ3) is 5.83. The first-order chi connectivity index (χ1) is 35.7. The molecule has 13 aromatic carbocycles. The molecule has 334 valence electrons. The van der Waals surface area contributed by atoms with Crippen molar-refractivity contribution in [2.24, 2.45) is 0 Å². The predicted molar refractivity (Wildman–Crippen MR) is 304 cm³/mol. The van der Waals surface area contributed by atoms with Crippen molar-refractivity contribution in [2.45, 2.75) is 5.41 Å². The van der Waals surface area contributed by atoms with Crippen LogP contribution in [0.1, 0.15) is 22.3 Å². The lowest BCUT2D eigenvalue weighted by atomic mass is 9.70. The molecular formula is C71H45N. The zero-order valence-corrected chi connectivity index (χ0v) is 39.4. The number of fused-ring (bicyclic) bond motifs is 17. The zero-order valence-electron chi connectivity index (χ0n) is 39.4. The van der Waals surface area contributed by atoms with Gasteiger partial charge in [0.25, 0.3) is 0 Å². The summed E-state index contributed by atoms with van der Waals surface area (Å²) in [6.07, 6.45) is 0. The Morgan fingerprint density at radius 1 is 0.222 bits per heavy atom. The van der Waals surface area contributed by atoms with Crippen molar-refractivity contribution in [3.8, 4) is 55.6 Å². The molecule has 0 saturated heterocycles. The molecule has 0 aromatic heterocycles. The molecule has 0 N–H and O–H groups in total. The Bertz CT molecular complexity index is 4250. The van der Waals surface area contributed by atoms with Gasteiger partial charge in [0.05, 0.1) is 16.8 Å². The van der Waals surface area contributed by atoms with Crippen LogP contribution in [0.15, 0.2) is 273 Å². The molecule has 72 heavy (non-hydrogen) atoms. The maximum atomic E-state index is 2.60. The molecular weight excluding hydrogens is 867 g/mol. The van der Waals surface area contributed by atoms with Crippen LogP contribution in [0.5, 0.6) is 0 Å². The Morgan fingerprint density at radius 3 is 1.35 bits per heavy atom. The van der Waals surface area contributed by atoms with Gasteiger partial charge in [0.2, 0.25) is 0 Å². The highest BCUT2D eigenvalue weighted by atomic mass is 15.1. The first kappa shape index (κ1) is 40.6. The second-order valence-corrected chi connectivity index (χ2v) is 19.4. The topological polar surface area (TPSA) is 3.24 Å². The van der Waals surface area contributed by atoms with Crippen LogP contribution in [0.3, 0.4) is 0 Å². The van der Waals surface area contributed by atoms with Gasteiger partial charge in [-0.25, -0.2) is 0 Å². The number of rotatable bonds is 6. The molecule has 2 aliphatic carbocycles. The molecule has 0 saturated carbocycles. The molecule has 0 aliphatic heterocycles. The SMILES string of the molecule is c1ccc(-c2ccc(N(c3ccc4c5ccccc5c5ccccc5c4c3)c3cc4c(cc3-c3cccc5ccccc35)-c3ccccc3C43c4ccccc4-c4ccccc43)c(-c3ccccc3)c2)cc1. The highest BCUT2D eigenvalue weighted by Crippen LogP contribution is 2.64. The van der Waals surface area contributed by atoms with Gasteiger partial charge in [-0.3, -0.25) is 0 Å². The Labute approximate surface area is 419 Å². The molecule has 1 heteroatoms. The summed E-state index contributed by atoms with van der Waals surface area (Å²) in [7, 11) is 0. The molecule has 0 fully saturated rings. The summed E-state index contributed by atoms with van der Waals surface area (Å²) < 4.78 is 0. The largest absolute Gasteiger partial charge is 0.309 e. The lowest BCUT2D eigenvalue weighted by molar-refractivity contribution is 0.794. The van der Waals surface area contributed by atoms with Gasteiger partial charge in [-0.05, 0) is 146 Å². The average molecular weight is 912 g/mol. The van der Waals surface area contributed by atoms with E-state index in [0.29, 0.717) is 0 Å². The third-order valence-electron chi connectivity index (χ3n) is 15.8. The Morgan fingerprint density at radius 2 is 0.708 bits per heavy atom. The molecule has 2 aliphatic rings. The summed E-state index contributed by atoms with van der Waals surface area (Å²) in [6.45, 7) is 0. The number of anilines is 3. The van der Waals surface area contributed by atoms with Crippen molar-refractivity contribution in [1.29, 1.82) is 0 Å². The van der Waals surface area contributed by atoms with Crippen LogP contribution in [0.4, 0.5) is 17.1 Å². The summed E-state index contributed by atoms with van der Waals surface area (Å²) in [6, 6.07) is 102. The van der Waals surface area contributed by atoms with Crippen LogP contribution < -0.4 is 4.90 Å². The standard InChI is InChI=1S/C71H45N/c1-3-20-46(21-4-1)49-38-41-69(61(42-49)48-22-5-2-6-23-48)72(50-39-40-57-55-29-10-9-27-53(55)54-28-11-12-30-56(54)62(57)43-50)70-45-68-63(44-64(70)52-34-19-25-47-24-7-8-26-51(47)52)60-33-15-18-37-67(60)71(68)65-35-16-13-31-58(65)59-32-14-17-36-66(59)71/h1-45H. The fraction of sp³-hybridized carbons (Fsp3) is 0.0141. The molecule has 0 atom stereocenters. The smallest absolute Gasteiger partial charge is 0.0726 e. The van der Waals surface area contributed by atoms with Crippen LogP contribution in [0.2, 0.25) is 0 Å². The fourth-order valence-electron chi connectivity index (χ4n) is 12.8. The highest BCUT2D eigenvalue weighted by Gasteiger charge is 2.52. The van der Waals surface area contributed by atoms with Crippen LogP contribution in [-0.4, -0.2) is 0 Å². The van der Waals surface area contributed by atoms with Gasteiger partial charge in [0, 0.05) is 16.8 Å². The second kappa shape index (κ2) is 15.9. The van der Waals surface area contributed by atoms with Crippen LogP contribution in [0.25, 0.3) is 98.7 Å². The fourth-order valence-corrected chi connectivity index (χ4v) is 12.8. The highest BCUT2D eigenvalue weighted by molar-refractivity contribution is 6.26. The van der Waals surface area contributed by atoms with Crippen molar-refractivity contribution in [3.05, 3.63) is 295 Å². The monoisotopic (exact) mass is 911 g/mol. The number of nitrogens with zero attached hydrogens (tertiary/aromatic N) is 1. The summed E-state index contributed by atoms with van der Waals surface area (Å²) >= 11 is 0. The van der Waals surface area contributed by atoms with Crippen molar-refractivity contribution in [2.75, 3.05) is 4.90 Å². The van der Waals surface area contributed by atoms with Crippen LogP contribution >= 0.6 is 0 Å². The Hall–Kier alpha value is -9.30. The summed E-state index contributed by atoms with van der Waals surface area (Å²) in [5.41, 5.74) is 20.2. The molecule has 13 aromatic rings. The average Bonchev–Trinajstić information content (AvgIpc) is 3.93. The third-order valence-corrected chi connectivity index (χ3v) is 15.8. The van der Waals surface area contributed by atoms with Gasteiger partial charge in [0.1, 0.15) is 0 Å². The van der Waals surface area contributed by atoms with Gasteiger partial charge in [-0.2, -0.15) is 0 Å². The van der Waals surface area contributed by atoms with Gasteiger partial charge in [-0.1, -0.05) is 237 Å². The van der Waals surface area contributed by atoms with Gasteiger partial charge >= 0.3 is 0 Å². The van der Waals surface area contributed by atoms with E-state index in [0.717, 1.165) is 28.2 Å². The number of hydrogen-bond donors (Lipinski definition) is 0. The van der Waals surface area contributed by atoms with E-state index in [1.807, 2.05) is 0 Å². The van der Waals surface area contributed by atoms with E-state index in [2.05, 4.69) is 278 Å². The molecule has 1 nitrogen and oxygen atoms in total. The molecule has 0 unspecified atom stereocenters. The number of benzene rings is 13. The first-order valence-corrected chi connectivity index (χ1v) is 25.1. The summed E-state index contributed by atoms with van der Waals surface area (Å²) in [5, 5.41) is 9.93. The van der Waals surface area contributed by atoms with Crippen molar-refractivity contribution < 1.29 is 0 Å². The lowest BCUT2D eigenvalue weighted by Crippen LogP contribution is -2.26. The minimum Gasteiger partial charge on any atom is -0.309 e. The van der Waals surface area contributed by atoms with Crippen LogP contribution in [0, 0.1) is 0 Å². The molecule has 0 radical (unpaired) electrons. The lowest BCUT2D eigenvalue weighted by Gasteiger charge is -2.34. The van der Waals surface area contributed by atoms with E-state index < -0.39 is 5.41 Å². The van der Waals surface area contributed by atoms with E-state index in [9.17, 15) is 0 Å². The minimum absolute atomic E-state index is 0.547. The zero-order chi connectivity index (χ0) is 47.3. The predicted octanol–water partition coefficient (Wildman–Crippen LogP) is 19.1. The summed E-state index contributed by atoms with van der Waals surface area (Å²) in [4.78, 5) is 2.60. The van der Waals surface area contributed by atoms with E-state index in [-0.39, 0.29) is 0 Å². The first-order valence-electron chi connectivity index (χ1n) is 25.1. The van der Waals surface area contributed by atoms with Gasteiger partial charge < -0.3 is 4.90 Å². The molecule has 0 bridgehead atoms. The van der Waals surface area contributed by atoms with E-state index in [1.165, 1.54) is 110 Å². The summed E-state index contributed by atoms with van der Waals surface area (Å²) in [5.74, 6) is 0. The van der Waals surface area contributed by atoms with Crippen molar-refractivity contribution in [3.63, 3.8) is 0 Å². The second-order valence-electron chi connectivity index (χ2n) is 19.4. The number of hydrogen-bond acceptors (Lipinski definition) is 1.